The molecule has 1 unspecified atom stereocenters. The van der Waals surface area contributed by atoms with Crippen LogP contribution in [0, 0.1) is 0 Å². The van der Waals surface area contributed by atoms with E-state index in [2.05, 4.69) is 23.9 Å². The molecular formula is C10H13N3. The summed E-state index contributed by atoms with van der Waals surface area (Å²) >= 11 is 0. The molecule has 0 bridgehead atoms. The fraction of sp³-hybridized carbons (Fsp3) is 0.400. The highest BCUT2D eigenvalue weighted by Crippen LogP contribution is 2.16. The maximum Gasteiger partial charge on any atom is 0.155 e. The Labute approximate surface area is 77.4 Å². The lowest BCUT2D eigenvalue weighted by atomic mass is 10.1. The highest BCUT2D eigenvalue weighted by atomic mass is 15.2. The molecule has 2 rings (SSSR count). The molecule has 0 aliphatic rings. The van der Waals surface area contributed by atoms with Crippen LogP contribution in [-0.4, -0.2) is 14.6 Å². The molecule has 3 heteroatoms. The van der Waals surface area contributed by atoms with Gasteiger partial charge in [-0.05, 0) is 18.4 Å². The second-order valence-electron chi connectivity index (χ2n) is 3.30. The lowest BCUT2D eigenvalue weighted by Crippen LogP contribution is -1.98. The summed E-state index contributed by atoms with van der Waals surface area (Å²) in [5.41, 5.74) is 2.08. The van der Waals surface area contributed by atoms with Crippen molar-refractivity contribution < 1.29 is 0 Å². The molecule has 13 heavy (non-hydrogen) atoms. The number of fused-ring (bicyclic) bond motifs is 1. The van der Waals surface area contributed by atoms with Crippen molar-refractivity contribution >= 4 is 5.65 Å². The van der Waals surface area contributed by atoms with Gasteiger partial charge in [-0.3, -0.25) is 0 Å². The smallest absolute Gasteiger partial charge is 0.155 e. The third-order valence-corrected chi connectivity index (χ3v) is 2.40. The molecular weight excluding hydrogens is 162 g/mol. The van der Waals surface area contributed by atoms with Crippen LogP contribution >= 0.6 is 0 Å². The van der Waals surface area contributed by atoms with Crippen LogP contribution in [0.25, 0.3) is 5.65 Å². The molecule has 2 aromatic heterocycles. The first-order valence-electron chi connectivity index (χ1n) is 4.61. The van der Waals surface area contributed by atoms with Crippen LogP contribution in [0.5, 0.6) is 0 Å². The van der Waals surface area contributed by atoms with Gasteiger partial charge in [0.25, 0.3) is 0 Å². The summed E-state index contributed by atoms with van der Waals surface area (Å²) in [6.07, 6.45) is 4.85. The van der Waals surface area contributed by atoms with Gasteiger partial charge >= 0.3 is 0 Å². The van der Waals surface area contributed by atoms with E-state index in [1.807, 2.05) is 18.3 Å². The van der Waals surface area contributed by atoms with E-state index in [1.54, 1.807) is 10.7 Å². The zero-order chi connectivity index (χ0) is 9.26. The molecule has 68 valence electrons. The molecule has 0 fully saturated rings. The first kappa shape index (κ1) is 8.23. The molecule has 2 aromatic rings. The minimum atomic E-state index is 0.528. The number of aromatic nitrogens is 3. The molecule has 0 aliphatic heterocycles. The molecule has 0 saturated heterocycles. The predicted octanol–water partition coefficient (Wildman–Crippen LogP) is 2.24. The van der Waals surface area contributed by atoms with Crippen molar-refractivity contribution in [3.8, 4) is 0 Å². The number of hydrogen-bond acceptors (Lipinski definition) is 2. The summed E-state index contributed by atoms with van der Waals surface area (Å²) in [6.45, 7) is 4.36. The highest BCUT2D eigenvalue weighted by Gasteiger charge is 2.04. The van der Waals surface area contributed by atoms with E-state index < -0.39 is 0 Å². The molecule has 0 N–H and O–H groups in total. The van der Waals surface area contributed by atoms with Crippen LogP contribution < -0.4 is 0 Å². The maximum atomic E-state index is 4.51. The second kappa shape index (κ2) is 3.17. The van der Waals surface area contributed by atoms with Gasteiger partial charge in [0.15, 0.2) is 5.65 Å². The second-order valence-corrected chi connectivity index (χ2v) is 3.30. The van der Waals surface area contributed by atoms with E-state index in [4.69, 9.17) is 0 Å². The van der Waals surface area contributed by atoms with E-state index in [1.165, 1.54) is 0 Å². The largest absolute Gasteiger partial charge is 0.233 e. The zero-order valence-corrected chi connectivity index (χ0v) is 7.94. The molecule has 0 aromatic carbocycles. The summed E-state index contributed by atoms with van der Waals surface area (Å²) in [5, 5.41) is 4.10. The Kier molecular flexibility index (Phi) is 2.00. The Hall–Kier alpha value is -1.38. The third kappa shape index (κ3) is 1.41. The monoisotopic (exact) mass is 175 g/mol. The normalized spacial score (nSPS) is 13.4. The minimum absolute atomic E-state index is 0.528. The SMILES string of the molecule is CCC(C)c1ccn2nccc2n1. The molecule has 0 aliphatic carbocycles. The quantitative estimate of drug-likeness (QED) is 0.700. The standard InChI is InChI=1S/C10H13N3/c1-3-8(2)9-5-7-13-10(12-9)4-6-11-13/h4-8H,3H2,1-2H3. The highest BCUT2D eigenvalue weighted by molar-refractivity contribution is 5.36. The van der Waals surface area contributed by atoms with E-state index in [9.17, 15) is 0 Å². The molecule has 0 saturated carbocycles. The fourth-order valence-corrected chi connectivity index (χ4v) is 1.31. The van der Waals surface area contributed by atoms with Crippen molar-refractivity contribution in [1.82, 2.24) is 14.6 Å². The summed E-state index contributed by atoms with van der Waals surface area (Å²) < 4.78 is 1.78. The van der Waals surface area contributed by atoms with Gasteiger partial charge in [0.2, 0.25) is 0 Å². The third-order valence-electron chi connectivity index (χ3n) is 2.40. The molecule has 1 atom stereocenters. The Balaban J connectivity index is 2.48. The van der Waals surface area contributed by atoms with Crippen LogP contribution in [0.15, 0.2) is 24.5 Å². The van der Waals surface area contributed by atoms with Crippen molar-refractivity contribution in [3.63, 3.8) is 0 Å². The lowest BCUT2D eigenvalue weighted by Gasteiger charge is -2.06. The van der Waals surface area contributed by atoms with Crippen LogP contribution in [0.2, 0.25) is 0 Å². The van der Waals surface area contributed by atoms with E-state index in [-0.39, 0.29) is 0 Å². The van der Waals surface area contributed by atoms with Gasteiger partial charge in [0.1, 0.15) is 0 Å². The maximum absolute atomic E-state index is 4.51. The van der Waals surface area contributed by atoms with Gasteiger partial charge < -0.3 is 0 Å². The molecule has 0 radical (unpaired) electrons. The predicted molar refractivity (Wildman–Crippen MR) is 51.7 cm³/mol. The number of nitrogens with zero attached hydrogens (tertiary/aromatic N) is 3. The van der Waals surface area contributed by atoms with Crippen molar-refractivity contribution in [3.05, 3.63) is 30.2 Å². The van der Waals surface area contributed by atoms with Gasteiger partial charge in [-0.1, -0.05) is 13.8 Å². The van der Waals surface area contributed by atoms with E-state index >= 15 is 0 Å². The number of rotatable bonds is 2. The van der Waals surface area contributed by atoms with Crippen molar-refractivity contribution in [2.45, 2.75) is 26.2 Å². The van der Waals surface area contributed by atoms with Crippen molar-refractivity contribution in [2.75, 3.05) is 0 Å². The van der Waals surface area contributed by atoms with Crippen LogP contribution in [-0.2, 0) is 0 Å². The van der Waals surface area contributed by atoms with Gasteiger partial charge in [-0.2, -0.15) is 5.10 Å². The zero-order valence-electron chi connectivity index (χ0n) is 7.94. The molecule has 2 heterocycles. The Bertz CT molecular complexity index is 405. The van der Waals surface area contributed by atoms with Gasteiger partial charge in [0, 0.05) is 18.0 Å². The Morgan fingerprint density at radius 3 is 3.08 bits per heavy atom. The van der Waals surface area contributed by atoms with Crippen LogP contribution in [0.3, 0.4) is 0 Å². The number of hydrogen-bond donors (Lipinski definition) is 0. The lowest BCUT2D eigenvalue weighted by molar-refractivity contribution is 0.705. The average molecular weight is 175 g/mol. The Morgan fingerprint density at radius 1 is 1.46 bits per heavy atom. The first-order valence-corrected chi connectivity index (χ1v) is 4.61. The summed E-state index contributed by atoms with van der Waals surface area (Å²) in [4.78, 5) is 4.51. The van der Waals surface area contributed by atoms with Gasteiger partial charge in [0.05, 0.1) is 6.20 Å². The average Bonchev–Trinajstić information content (AvgIpc) is 2.63. The van der Waals surface area contributed by atoms with E-state index in [0.29, 0.717) is 5.92 Å². The summed E-state index contributed by atoms with van der Waals surface area (Å²) in [7, 11) is 0. The topological polar surface area (TPSA) is 30.2 Å². The summed E-state index contributed by atoms with van der Waals surface area (Å²) in [5.74, 6) is 0.528. The molecule has 0 spiro atoms. The minimum Gasteiger partial charge on any atom is -0.233 e. The Morgan fingerprint density at radius 2 is 2.31 bits per heavy atom. The van der Waals surface area contributed by atoms with Crippen LogP contribution in [0.1, 0.15) is 31.9 Å². The van der Waals surface area contributed by atoms with Gasteiger partial charge in [-0.15, -0.1) is 0 Å². The fourth-order valence-electron chi connectivity index (χ4n) is 1.31. The van der Waals surface area contributed by atoms with Gasteiger partial charge in [-0.25, -0.2) is 9.50 Å². The summed E-state index contributed by atoms with van der Waals surface area (Å²) in [6, 6.07) is 3.96. The molecule has 0 amide bonds. The van der Waals surface area contributed by atoms with Crippen molar-refractivity contribution in [1.29, 1.82) is 0 Å². The van der Waals surface area contributed by atoms with Crippen molar-refractivity contribution in [2.24, 2.45) is 0 Å². The molecule has 3 nitrogen and oxygen atoms in total. The first-order chi connectivity index (χ1) is 6.31. The van der Waals surface area contributed by atoms with E-state index in [0.717, 1.165) is 17.8 Å². The van der Waals surface area contributed by atoms with Crippen LogP contribution in [0.4, 0.5) is 0 Å².